The van der Waals surface area contributed by atoms with E-state index < -0.39 is 35.6 Å². The highest BCUT2D eigenvalue weighted by atomic mass is 32.1. The number of nitrogens with zero attached hydrogens (tertiary/aromatic N) is 1. The Bertz CT molecular complexity index is 610. The van der Waals surface area contributed by atoms with Crippen molar-refractivity contribution >= 4 is 23.1 Å². The van der Waals surface area contributed by atoms with Crippen LogP contribution in [0, 0.1) is 10.1 Å². The van der Waals surface area contributed by atoms with E-state index >= 15 is 0 Å². The molecule has 0 spiro atoms. The fraction of sp³-hybridized carbons (Fsp3) is 0.533. The van der Waals surface area contributed by atoms with Crippen LogP contribution in [0.3, 0.4) is 0 Å². The number of hydrogen-bond acceptors (Lipinski definition) is 9. The maximum absolute atomic E-state index is 10.6. The number of thiocarbonyl (C=S) groups is 1. The molecule has 1 fully saturated rings. The van der Waals surface area contributed by atoms with E-state index in [1.54, 1.807) is 13.8 Å². The maximum atomic E-state index is 10.6. The van der Waals surface area contributed by atoms with Gasteiger partial charge in [-0.2, -0.15) is 0 Å². The summed E-state index contributed by atoms with van der Waals surface area (Å²) in [7, 11) is 0. The molecule has 2 rings (SSSR count). The minimum absolute atomic E-state index is 0.0946. The number of benzene rings is 1. The molecule has 0 aromatic heterocycles. The topological polar surface area (TPSA) is 121 Å². The van der Waals surface area contributed by atoms with Crippen LogP contribution >= 0.6 is 12.2 Å². The molecule has 1 aromatic rings. The summed E-state index contributed by atoms with van der Waals surface area (Å²) in [5.41, 5.74) is -0.0946. The molecule has 25 heavy (non-hydrogen) atoms. The van der Waals surface area contributed by atoms with Crippen LogP contribution in [0.1, 0.15) is 13.8 Å². The summed E-state index contributed by atoms with van der Waals surface area (Å²) in [6.45, 7) is 3.66. The van der Waals surface area contributed by atoms with Gasteiger partial charge >= 0.3 is 5.24 Å². The number of aliphatic hydroxyl groups is 2. The highest BCUT2D eigenvalue weighted by molar-refractivity contribution is 7.79. The summed E-state index contributed by atoms with van der Waals surface area (Å²) in [6.07, 6.45) is -5.14. The zero-order valence-electron chi connectivity index (χ0n) is 13.6. The number of nitro benzene ring substituents is 1. The molecule has 1 aliphatic heterocycles. The number of non-ortho nitro benzene ring substituents is 1. The Hall–Kier alpha value is -1.85. The lowest BCUT2D eigenvalue weighted by Gasteiger charge is -2.40. The summed E-state index contributed by atoms with van der Waals surface area (Å²) < 4.78 is 21.3. The molecule has 10 heteroatoms. The molecule has 9 nitrogen and oxygen atoms in total. The third-order valence-corrected chi connectivity index (χ3v) is 3.77. The number of rotatable bonds is 5. The molecular weight excluding hydrogens is 354 g/mol. The van der Waals surface area contributed by atoms with Crippen LogP contribution in [0.15, 0.2) is 24.3 Å². The molecule has 0 saturated carbocycles. The van der Waals surface area contributed by atoms with Gasteiger partial charge in [-0.05, 0) is 26.0 Å². The predicted molar refractivity (Wildman–Crippen MR) is 89.2 cm³/mol. The molecule has 0 unspecified atom stereocenters. The van der Waals surface area contributed by atoms with E-state index in [0.717, 1.165) is 0 Å². The number of aliphatic hydroxyl groups excluding tert-OH is 2. The van der Waals surface area contributed by atoms with Gasteiger partial charge in [0.05, 0.1) is 11.0 Å². The van der Waals surface area contributed by atoms with Crippen LogP contribution in [0.4, 0.5) is 5.69 Å². The Labute approximate surface area is 149 Å². The lowest BCUT2D eigenvalue weighted by molar-refractivity contribution is -0.384. The van der Waals surface area contributed by atoms with Gasteiger partial charge in [-0.15, -0.1) is 0 Å². The molecule has 1 saturated heterocycles. The summed E-state index contributed by atoms with van der Waals surface area (Å²) >= 11 is 4.97. The van der Waals surface area contributed by atoms with E-state index in [9.17, 15) is 20.3 Å². The zero-order valence-corrected chi connectivity index (χ0v) is 14.4. The molecule has 1 heterocycles. The molecule has 0 amide bonds. The predicted octanol–water partition coefficient (Wildman–Crippen LogP) is 1.15. The summed E-state index contributed by atoms with van der Waals surface area (Å²) in [5.74, 6) is 0.223. The van der Waals surface area contributed by atoms with Crippen LogP contribution in [-0.4, -0.2) is 57.7 Å². The van der Waals surface area contributed by atoms with Gasteiger partial charge in [0.15, 0.2) is 12.4 Å². The van der Waals surface area contributed by atoms with Crippen LogP contribution in [-0.2, 0) is 14.2 Å². The van der Waals surface area contributed by atoms with Crippen LogP contribution in [0.5, 0.6) is 5.75 Å². The number of ether oxygens (including phenoxy) is 4. The minimum Gasteiger partial charge on any atom is -0.447 e. The van der Waals surface area contributed by atoms with Gasteiger partial charge in [0.1, 0.15) is 18.0 Å². The van der Waals surface area contributed by atoms with Crippen molar-refractivity contribution in [3.8, 4) is 5.75 Å². The van der Waals surface area contributed by atoms with E-state index in [2.05, 4.69) is 0 Å². The van der Waals surface area contributed by atoms with Crippen molar-refractivity contribution in [3.63, 3.8) is 0 Å². The minimum atomic E-state index is -1.27. The van der Waals surface area contributed by atoms with E-state index in [4.69, 9.17) is 31.2 Å². The Morgan fingerprint density at radius 2 is 1.96 bits per heavy atom. The molecule has 5 atom stereocenters. The smallest absolute Gasteiger partial charge is 0.358 e. The Morgan fingerprint density at radius 1 is 1.32 bits per heavy atom. The SMILES string of the molecule is CCO[C@@H]1O[C@@H](C)[C@H](O)[C@@H](OC(=S)Oc2ccc([N+](=O)[O-])cc2)[C@H]1O. The van der Waals surface area contributed by atoms with Gasteiger partial charge in [0.25, 0.3) is 5.69 Å². The van der Waals surface area contributed by atoms with Gasteiger partial charge in [-0.25, -0.2) is 0 Å². The first-order chi connectivity index (χ1) is 11.8. The molecule has 2 N–H and O–H groups in total. The second kappa shape index (κ2) is 8.50. The van der Waals surface area contributed by atoms with Gasteiger partial charge in [0, 0.05) is 31.0 Å². The van der Waals surface area contributed by atoms with Crippen molar-refractivity contribution < 1.29 is 34.1 Å². The number of hydrogen-bond donors (Lipinski definition) is 2. The van der Waals surface area contributed by atoms with Gasteiger partial charge in [0.2, 0.25) is 0 Å². The fourth-order valence-electron chi connectivity index (χ4n) is 2.31. The summed E-state index contributed by atoms with van der Waals surface area (Å²) in [6, 6.07) is 5.22. The lowest BCUT2D eigenvalue weighted by atomic mass is 10.00. The van der Waals surface area contributed by atoms with E-state index in [1.807, 2.05) is 0 Å². The molecule has 0 bridgehead atoms. The third kappa shape index (κ3) is 4.83. The highest BCUT2D eigenvalue weighted by Crippen LogP contribution is 2.25. The highest BCUT2D eigenvalue weighted by Gasteiger charge is 2.45. The second-order valence-electron chi connectivity index (χ2n) is 5.33. The van der Waals surface area contributed by atoms with Crippen molar-refractivity contribution in [2.24, 2.45) is 0 Å². The van der Waals surface area contributed by atoms with Gasteiger partial charge in [-0.3, -0.25) is 10.1 Å². The maximum Gasteiger partial charge on any atom is 0.358 e. The lowest BCUT2D eigenvalue weighted by Crippen LogP contribution is -2.59. The first-order valence-corrected chi connectivity index (χ1v) is 8.00. The van der Waals surface area contributed by atoms with E-state index in [1.165, 1.54) is 24.3 Å². The van der Waals surface area contributed by atoms with Gasteiger partial charge in [-0.1, -0.05) is 0 Å². The molecule has 1 aromatic carbocycles. The largest absolute Gasteiger partial charge is 0.447 e. The Kier molecular flexibility index (Phi) is 6.62. The molecule has 0 aliphatic carbocycles. The van der Waals surface area contributed by atoms with E-state index in [-0.39, 0.29) is 16.7 Å². The first kappa shape index (κ1) is 19.5. The molecule has 0 radical (unpaired) electrons. The third-order valence-electron chi connectivity index (χ3n) is 3.59. The van der Waals surface area contributed by atoms with Gasteiger partial charge < -0.3 is 29.2 Å². The van der Waals surface area contributed by atoms with Crippen LogP contribution < -0.4 is 4.74 Å². The molecule has 1 aliphatic rings. The van der Waals surface area contributed by atoms with Crippen molar-refractivity contribution in [2.45, 2.75) is 44.6 Å². The van der Waals surface area contributed by atoms with Crippen molar-refractivity contribution in [1.82, 2.24) is 0 Å². The summed E-state index contributed by atoms with van der Waals surface area (Å²) in [5, 5.41) is 30.7. The average molecular weight is 373 g/mol. The first-order valence-electron chi connectivity index (χ1n) is 7.59. The summed E-state index contributed by atoms with van der Waals surface area (Å²) in [4.78, 5) is 10.1. The normalized spacial score (nSPS) is 29.0. The second-order valence-corrected chi connectivity index (χ2v) is 5.66. The molecular formula is C15H19NO8S. The van der Waals surface area contributed by atoms with Crippen molar-refractivity contribution in [3.05, 3.63) is 34.4 Å². The number of nitro groups is 1. The van der Waals surface area contributed by atoms with E-state index in [0.29, 0.717) is 6.61 Å². The fourth-order valence-corrected chi connectivity index (χ4v) is 2.51. The molecule has 138 valence electrons. The Balaban J connectivity index is 2.00. The monoisotopic (exact) mass is 373 g/mol. The van der Waals surface area contributed by atoms with Crippen molar-refractivity contribution in [2.75, 3.05) is 6.61 Å². The van der Waals surface area contributed by atoms with Crippen molar-refractivity contribution in [1.29, 1.82) is 0 Å². The zero-order chi connectivity index (χ0) is 18.6. The quantitative estimate of drug-likeness (QED) is 0.445. The Morgan fingerprint density at radius 3 is 2.52 bits per heavy atom. The standard InChI is InChI=1S/C15H19NO8S/c1-3-21-14-12(18)13(11(17)8(2)22-14)24-15(25)23-10-6-4-9(5-7-10)16(19)20/h4-8,11-14,17-18H,3H2,1-2H3/t8-,11-,12+,13+,14+/m0/s1. The van der Waals surface area contributed by atoms with Crippen LogP contribution in [0.25, 0.3) is 0 Å². The average Bonchev–Trinajstić information content (AvgIpc) is 2.57. The van der Waals surface area contributed by atoms with Crippen LogP contribution in [0.2, 0.25) is 0 Å².